The van der Waals surface area contributed by atoms with Crippen LogP contribution in [0.4, 0.5) is 11.4 Å². The van der Waals surface area contributed by atoms with Gasteiger partial charge in [0.05, 0.1) is 17.8 Å². The Bertz CT molecular complexity index is 1860. The molecule has 0 radical (unpaired) electrons. The van der Waals surface area contributed by atoms with Crippen LogP contribution in [0.3, 0.4) is 0 Å². The largest absolute Gasteiger partial charge is 0.507 e. The van der Waals surface area contributed by atoms with Crippen molar-refractivity contribution in [2.45, 2.75) is 79.4 Å². The number of carbonyl (C=O) groups excluding carboxylic acids is 2. The molecule has 5 N–H and O–H groups in total. The third-order valence-corrected chi connectivity index (χ3v) is 7.39. The molecule has 0 aromatic heterocycles. The van der Waals surface area contributed by atoms with Crippen molar-refractivity contribution in [3.63, 3.8) is 0 Å². The molecule has 0 saturated heterocycles. The van der Waals surface area contributed by atoms with Crippen LogP contribution in [0.5, 0.6) is 17.2 Å². The van der Waals surface area contributed by atoms with Crippen LogP contribution in [0.1, 0.15) is 120 Å². The van der Waals surface area contributed by atoms with Gasteiger partial charge in [-0.25, -0.2) is 9.59 Å². The quantitative estimate of drug-likeness (QED) is 0.0969. The predicted molar refractivity (Wildman–Crippen MR) is 197 cm³/mol. The average Bonchev–Trinajstić information content (AvgIpc) is 3.04. The van der Waals surface area contributed by atoms with E-state index in [1.54, 1.807) is 36.4 Å². The van der Waals surface area contributed by atoms with Crippen molar-refractivity contribution in [2.75, 3.05) is 10.6 Å². The van der Waals surface area contributed by atoms with Crippen molar-refractivity contribution in [1.82, 2.24) is 0 Å². The summed E-state index contributed by atoms with van der Waals surface area (Å²) in [7, 11) is 0. The lowest BCUT2D eigenvalue weighted by Crippen LogP contribution is -2.14. The highest BCUT2D eigenvalue weighted by Crippen LogP contribution is 2.30. The number of rotatable bonds is 12. The number of ether oxygens (including phenoxy) is 2. The van der Waals surface area contributed by atoms with Gasteiger partial charge in [-0.2, -0.15) is 0 Å². The smallest absolute Gasteiger partial charge is 0.339 e. The average molecular weight is 699 g/mol. The summed E-state index contributed by atoms with van der Waals surface area (Å²) in [6, 6.07) is 20.5. The Hall–Kier alpha value is -5.84. The van der Waals surface area contributed by atoms with Gasteiger partial charge >= 0.3 is 11.9 Å². The fourth-order valence-corrected chi connectivity index (χ4v) is 4.90. The number of carboxylic acids is 2. The van der Waals surface area contributed by atoms with E-state index in [1.807, 2.05) is 53.7 Å². The molecule has 0 atom stereocenters. The summed E-state index contributed by atoms with van der Waals surface area (Å²) in [5.41, 5.74) is 3.69. The molecule has 0 aliphatic heterocycles. The number of anilines is 2. The summed E-state index contributed by atoms with van der Waals surface area (Å²) >= 11 is 0. The maximum atomic E-state index is 12.5. The summed E-state index contributed by atoms with van der Waals surface area (Å²) in [6.07, 6.45) is 0.0906. The Labute approximate surface area is 298 Å². The molecule has 4 aromatic carbocycles. The minimum Gasteiger partial charge on any atom is -0.507 e. The van der Waals surface area contributed by atoms with E-state index >= 15 is 0 Å². The van der Waals surface area contributed by atoms with Crippen LogP contribution in [0, 0.1) is 0 Å². The Balaban J connectivity index is 0.000000276. The Kier molecular flexibility index (Phi) is 13.7. The normalized spacial score (nSPS) is 10.8. The Morgan fingerprint density at radius 3 is 1.31 bits per heavy atom. The molecule has 270 valence electrons. The van der Waals surface area contributed by atoms with E-state index in [-0.39, 0.29) is 47.0 Å². The molecule has 2 amide bonds. The van der Waals surface area contributed by atoms with Gasteiger partial charge in [-0.15, -0.1) is 0 Å². The van der Waals surface area contributed by atoms with E-state index in [2.05, 4.69) is 24.5 Å². The minimum atomic E-state index is -1.23. The third kappa shape index (κ3) is 11.4. The van der Waals surface area contributed by atoms with Crippen molar-refractivity contribution >= 4 is 35.1 Å². The SMILES string of the molecule is CC(C)Oc1ccc(C(=O)Nc2ccc(C(=O)O)c(O)c2)cc1C(C)C.CC(C)Oc1ccc(C(=O)Nc2ccc(C(=O)O)cc2)cc1C(C)C. The molecule has 51 heavy (non-hydrogen) atoms. The first kappa shape index (κ1) is 39.6. The van der Waals surface area contributed by atoms with Crippen molar-refractivity contribution in [3.8, 4) is 17.2 Å². The highest BCUT2D eigenvalue weighted by molar-refractivity contribution is 6.05. The summed E-state index contributed by atoms with van der Waals surface area (Å²) in [6.45, 7) is 16.0. The second kappa shape index (κ2) is 17.7. The van der Waals surface area contributed by atoms with Gasteiger partial charge in [0.1, 0.15) is 22.8 Å². The van der Waals surface area contributed by atoms with Crippen LogP contribution in [-0.2, 0) is 0 Å². The first-order valence-corrected chi connectivity index (χ1v) is 16.6. The molecular weight excluding hydrogens is 652 g/mol. The molecule has 0 bridgehead atoms. The number of carbonyl (C=O) groups is 4. The zero-order valence-corrected chi connectivity index (χ0v) is 30.1. The second-order valence-corrected chi connectivity index (χ2v) is 13.0. The summed E-state index contributed by atoms with van der Waals surface area (Å²) in [5, 5.41) is 33.0. The molecule has 0 heterocycles. The molecule has 0 fully saturated rings. The summed E-state index contributed by atoms with van der Waals surface area (Å²) in [5.74, 6) is -1.32. The van der Waals surface area contributed by atoms with Gasteiger partial charge in [-0.1, -0.05) is 27.7 Å². The molecular formula is C40H46N2O9. The first-order chi connectivity index (χ1) is 24.0. The second-order valence-electron chi connectivity index (χ2n) is 13.0. The van der Waals surface area contributed by atoms with Gasteiger partial charge < -0.3 is 35.4 Å². The van der Waals surface area contributed by atoms with E-state index in [1.165, 1.54) is 30.3 Å². The molecule has 11 heteroatoms. The molecule has 0 spiro atoms. The zero-order valence-electron chi connectivity index (χ0n) is 30.1. The zero-order chi connectivity index (χ0) is 38.0. The van der Waals surface area contributed by atoms with E-state index in [9.17, 15) is 24.3 Å². The molecule has 11 nitrogen and oxygen atoms in total. The van der Waals surface area contributed by atoms with Crippen LogP contribution in [0.25, 0.3) is 0 Å². The van der Waals surface area contributed by atoms with Crippen molar-refractivity contribution in [2.24, 2.45) is 0 Å². The van der Waals surface area contributed by atoms with Gasteiger partial charge in [0.25, 0.3) is 11.8 Å². The standard InChI is InChI=1S/C20H23NO5.C20H23NO4/c1-11(2)16-9-13(5-8-18(16)26-12(3)4)19(23)21-14-6-7-15(20(24)25)17(22)10-14;1-12(2)17-11-15(7-10-18(17)25-13(3)4)19(22)21-16-8-5-14(6-9-16)20(23)24/h5-12,22H,1-4H3,(H,21,23)(H,24,25);5-13H,1-4H3,(H,21,22)(H,23,24). The minimum absolute atomic E-state index is 0.0305. The topological polar surface area (TPSA) is 171 Å². The fraction of sp³-hybridized carbons (Fsp3) is 0.300. The number of nitrogens with one attached hydrogen (secondary N) is 2. The molecule has 4 rings (SSSR count). The lowest BCUT2D eigenvalue weighted by atomic mass is 9.99. The van der Waals surface area contributed by atoms with Gasteiger partial charge in [-0.05, 0) is 123 Å². The first-order valence-electron chi connectivity index (χ1n) is 16.6. The number of amides is 2. The maximum Gasteiger partial charge on any atom is 0.339 e. The monoisotopic (exact) mass is 698 g/mol. The van der Waals surface area contributed by atoms with E-state index in [4.69, 9.17) is 19.7 Å². The molecule has 0 aliphatic rings. The van der Waals surface area contributed by atoms with Crippen molar-refractivity contribution in [3.05, 3.63) is 112 Å². The maximum absolute atomic E-state index is 12.5. The van der Waals surface area contributed by atoms with E-state index < -0.39 is 17.7 Å². The van der Waals surface area contributed by atoms with Gasteiger partial charge in [-0.3, -0.25) is 9.59 Å². The lowest BCUT2D eigenvalue weighted by molar-refractivity contribution is 0.0684. The number of carboxylic acid groups (broad SMARTS) is 2. The highest BCUT2D eigenvalue weighted by Gasteiger charge is 2.17. The van der Waals surface area contributed by atoms with Gasteiger partial charge in [0.15, 0.2) is 0 Å². The summed E-state index contributed by atoms with van der Waals surface area (Å²) in [4.78, 5) is 46.8. The third-order valence-electron chi connectivity index (χ3n) is 7.39. The van der Waals surface area contributed by atoms with Crippen LogP contribution in [0.15, 0.2) is 78.9 Å². The molecule has 0 aliphatic carbocycles. The number of aromatic carboxylic acids is 2. The highest BCUT2D eigenvalue weighted by atomic mass is 16.5. The molecule has 0 unspecified atom stereocenters. The van der Waals surface area contributed by atoms with E-state index in [0.29, 0.717) is 22.5 Å². The van der Waals surface area contributed by atoms with Crippen molar-refractivity contribution < 1.29 is 44.0 Å². The van der Waals surface area contributed by atoms with Crippen LogP contribution < -0.4 is 20.1 Å². The van der Waals surface area contributed by atoms with E-state index in [0.717, 1.165) is 22.6 Å². The van der Waals surface area contributed by atoms with Gasteiger partial charge in [0.2, 0.25) is 0 Å². The fourth-order valence-electron chi connectivity index (χ4n) is 4.90. The van der Waals surface area contributed by atoms with Crippen LogP contribution in [-0.4, -0.2) is 51.3 Å². The number of phenols is 1. The number of benzene rings is 4. The number of hydrogen-bond acceptors (Lipinski definition) is 7. The Morgan fingerprint density at radius 1 is 0.529 bits per heavy atom. The molecule has 4 aromatic rings. The number of hydrogen-bond donors (Lipinski definition) is 5. The Morgan fingerprint density at radius 2 is 0.941 bits per heavy atom. The number of aromatic hydroxyl groups is 1. The van der Waals surface area contributed by atoms with Crippen molar-refractivity contribution in [1.29, 1.82) is 0 Å². The molecule has 0 saturated carbocycles. The van der Waals surface area contributed by atoms with Crippen LogP contribution >= 0.6 is 0 Å². The van der Waals surface area contributed by atoms with Crippen LogP contribution in [0.2, 0.25) is 0 Å². The van der Waals surface area contributed by atoms with Gasteiger partial charge in [0, 0.05) is 28.6 Å². The predicted octanol–water partition coefficient (Wildman–Crippen LogP) is 8.80. The summed E-state index contributed by atoms with van der Waals surface area (Å²) < 4.78 is 11.6. The lowest BCUT2D eigenvalue weighted by Gasteiger charge is -2.17.